The van der Waals surface area contributed by atoms with E-state index in [1.54, 1.807) is 0 Å². The van der Waals surface area contributed by atoms with Crippen LogP contribution in [0.5, 0.6) is 0 Å². The van der Waals surface area contributed by atoms with E-state index in [4.69, 9.17) is 20.2 Å². The molecule has 0 bridgehead atoms. The molecule has 15 heavy (non-hydrogen) atoms. The molecule has 1 fully saturated rings. The Balaban J connectivity index is 0.000000583. The van der Waals surface area contributed by atoms with Gasteiger partial charge in [-0.05, 0) is 30.5 Å². The second-order valence-electron chi connectivity index (χ2n) is 4.22. The SMILES string of the molecule is CC1CCC(CO)(CNCl)CC1.O=S=O. The van der Waals surface area contributed by atoms with Crippen molar-refractivity contribution < 1.29 is 13.5 Å². The van der Waals surface area contributed by atoms with Gasteiger partial charge >= 0.3 is 11.6 Å². The maximum atomic E-state index is 9.26. The summed E-state index contributed by atoms with van der Waals surface area (Å²) >= 11 is 4.73. The molecule has 4 nitrogen and oxygen atoms in total. The third kappa shape index (κ3) is 5.61. The van der Waals surface area contributed by atoms with Crippen molar-refractivity contribution in [2.45, 2.75) is 32.6 Å². The first-order valence-electron chi connectivity index (χ1n) is 5.00. The summed E-state index contributed by atoms with van der Waals surface area (Å²) < 4.78 is 16.6. The second-order valence-corrected chi connectivity index (χ2v) is 4.62. The summed E-state index contributed by atoms with van der Waals surface area (Å²) in [6, 6.07) is 0. The van der Waals surface area contributed by atoms with Crippen LogP contribution in [-0.2, 0) is 11.6 Å². The van der Waals surface area contributed by atoms with Crippen LogP contribution in [0.3, 0.4) is 0 Å². The monoisotopic (exact) mass is 255 g/mol. The zero-order chi connectivity index (χ0) is 11.7. The largest absolute Gasteiger partial charge is 0.396 e. The van der Waals surface area contributed by atoms with Gasteiger partial charge < -0.3 is 5.11 Å². The highest BCUT2D eigenvalue weighted by molar-refractivity contribution is 7.51. The molecule has 0 amide bonds. The molecular weight excluding hydrogens is 238 g/mol. The van der Waals surface area contributed by atoms with E-state index >= 15 is 0 Å². The van der Waals surface area contributed by atoms with Gasteiger partial charge in [-0.2, -0.15) is 8.42 Å². The van der Waals surface area contributed by atoms with Gasteiger partial charge in [-0.25, -0.2) is 4.84 Å². The lowest BCUT2D eigenvalue weighted by atomic mass is 9.71. The fourth-order valence-corrected chi connectivity index (χ4v) is 2.19. The smallest absolute Gasteiger partial charge is 0.335 e. The third-order valence-corrected chi connectivity index (χ3v) is 3.25. The molecule has 0 aromatic rings. The van der Waals surface area contributed by atoms with E-state index in [-0.39, 0.29) is 12.0 Å². The van der Waals surface area contributed by atoms with Crippen molar-refractivity contribution in [2.75, 3.05) is 13.2 Å². The van der Waals surface area contributed by atoms with Crippen LogP contribution in [0, 0.1) is 11.3 Å². The van der Waals surface area contributed by atoms with Crippen molar-refractivity contribution in [2.24, 2.45) is 11.3 Å². The van der Waals surface area contributed by atoms with Crippen LogP contribution in [0.4, 0.5) is 0 Å². The summed E-state index contributed by atoms with van der Waals surface area (Å²) in [5.74, 6) is 0.819. The number of hydrogen-bond acceptors (Lipinski definition) is 4. The summed E-state index contributed by atoms with van der Waals surface area (Å²) in [6.07, 6.45) is 4.65. The normalized spacial score (nSPS) is 30.2. The van der Waals surface area contributed by atoms with Crippen LogP contribution in [0.2, 0.25) is 0 Å². The van der Waals surface area contributed by atoms with Gasteiger partial charge in [-0.3, -0.25) is 0 Å². The Kier molecular flexibility index (Phi) is 8.23. The topological polar surface area (TPSA) is 66.4 Å². The molecule has 0 aromatic heterocycles. The standard InChI is InChI=1S/C9H18ClNO.O2S/c1-8-2-4-9(7-12,5-3-8)6-11-10;1-3-2/h8,11-12H,2-7H2,1H3;. The number of aliphatic hydroxyl groups excluding tert-OH is 1. The first kappa shape index (κ1) is 15.0. The highest BCUT2D eigenvalue weighted by Crippen LogP contribution is 2.37. The van der Waals surface area contributed by atoms with Crippen molar-refractivity contribution in [3.05, 3.63) is 0 Å². The summed E-state index contributed by atoms with van der Waals surface area (Å²) in [5.41, 5.74) is 0.0638. The maximum absolute atomic E-state index is 9.26. The molecule has 1 aliphatic carbocycles. The number of hydrogen-bond donors (Lipinski definition) is 2. The first-order chi connectivity index (χ1) is 7.14. The van der Waals surface area contributed by atoms with Crippen molar-refractivity contribution >= 4 is 23.3 Å². The van der Waals surface area contributed by atoms with Crippen LogP contribution in [0.1, 0.15) is 32.6 Å². The van der Waals surface area contributed by atoms with Gasteiger partial charge in [0, 0.05) is 18.6 Å². The number of nitrogens with one attached hydrogen (secondary N) is 1. The minimum absolute atomic E-state index is 0.0638. The zero-order valence-corrected chi connectivity index (χ0v) is 10.4. The van der Waals surface area contributed by atoms with Gasteiger partial charge in [0.2, 0.25) is 0 Å². The van der Waals surface area contributed by atoms with Crippen LogP contribution >= 0.6 is 11.8 Å². The molecular formula is C9H18ClNO3S. The predicted octanol–water partition coefficient (Wildman–Crippen LogP) is 1.25. The van der Waals surface area contributed by atoms with E-state index in [0.29, 0.717) is 0 Å². The highest BCUT2D eigenvalue weighted by atomic mass is 35.5. The zero-order valence-electron chi connectivity index (χ0n) is 8.87. The lowest BCUT2D eigenvalue weighted by Gasteiger charge is -2.37. The molecule has 1 rings (SSSR count). The van der Waals surface area contributed by atoms with Gasteiger partial charge in [0.1, 0.15) is 0 Å². The van der Waals surface area contributed by atoms with E-state index in [0.717, 1.165) is 25.3 Å². The fourth-order valence-electron chi connectivity index (χ4n) is 1.91. The molecule has 1 aliphatic rings. The summed E-state index contributed by atoms with van der Waals surface area (Å²) in [4.78, 5) is 2.66. The molecule has 0 unspecified atom stereocenters. The number of rotatable bonds is 3. The fraction of sp³-hybridized carbons (Fsp3) is 1.00. The molecule has 0 aromatic carbocycles. The maximum Gasteiger partial charge on any atom is 0.335 e. The number of aliphatic hydroxyl groups is 1. The van der Waals surface area contributed by atoms with E-state index in [9.17, 15) is 5.11 Å². The lowest BCUT2D eigenvalue weighted by molar-refractivity contribution is 0.0719. The molecule has 0 radical (unpaired) electrons. The van der Waals surface area contributed by atoms with Crippen LogP contribution < -0.4 is 4.84 Å². The molecule has 90 valence electrons. The Hall–Kier alpha value is 0.0300. The number of halogens is 1. The molecule has 6 heteroatoms. The van der Waals surface area contributed by atoms with Gasteiger partial charge in [0.15, 0.2) is 0 Å². The summed E-state index contributed by atoms with van der Waals surface area (Å²) in [7, 11) is 0. The molecule has 2 N–H and O–H groups in total. The molecule has 0 atom stereocenters. The van der Waals surface area contributed by atoms with Gasteiger partial charge in [0.05, 0.1) is 0 Å². The third-order valence-electron chi connectivity index (χ3n) is 3.11. The summed E-state index contributed by atoms with van der Waals surface area (Å²) in [5, 5.41) is 9.26. The van der Waals surface area contributed by atoms with Gasteiger partial charge in [-0.15, -0.1) is 0 Å². The van der Waals surface area contributed by atoms with Crippen molar-refractivity contribution in [3.63, 3.8) is 0 Å². The molecule has 0 aliphatic heterocycles. The Bertz CT molecular complexity index is 202. The lowest BCUT2D eigenvalue weighted by Crippen LogP contribution is -2.37. The van der Waals surface area contributed by atoms with Gasteiger partial charge in [-0.1, -0.05) is 19.8 Å². The second kappa shape index (κ2) is 8.21. The molecule has 1 saturated carbocycles. The van der Waals surface area contributed by atoms with E-state index in [2.05, 4.69) is 11.8 Å². The first-order valence-corrected chi connectivity index (χ1v) is 6.04. The van der Waals surface area contributed by atoms with Crippen LogP contribution in [0.25, 0.3) is 0 Å². The molecule has 0 spiro atoms. The summed E-state index contributed by atoms with van der Waals surface area (Å²) in [6.45, 7) is 3.27. The van der Waals surface area contributed by atoms with E-state index in [1.165, 1.54) is 12.8 Å². The van der Waals surface area contributed by atoms with E-state index in [1.807, 2.05) is 0 Å². The molecule has 0 saturated heterocycles. The van der Waals surface area contributed by atoms with Crippen molar-refractivity contribution in [1.29, 1.82) is 0 Å². The Labute approximate surface area is 99.1 Å². The Morgan fingerprint density at radius 3 is 2.27 bits per heavy atom. The van der Waals surface area contributed by atoms with Crippen molar-refractivity contribution in [1.82, 2.24) is 4.84 Å². The predicted molar refractivity (Wildman–Crippen MR) is 59.9 cm³/mol. The van der Waals surface area contributed by atoms with Crippen molar-refractivity contribution in [3.8, 4) is 0 Å². The highest BCUT2D eigenvalue weighted by Gasteiger charge is 2.32. The van der Waals surface area contributed by atoms with Gasteiger partial charge in [0.25, 0.3) is 0 Å². The minimum atomic E-state index is -0.750. The quantitative estimate of drug-likeness (QED) is 0.745. The van der Waals surface area contributed by atoms with E-state index < -0.39 is 11.6 Å². The van der Waals surface area contributed by atoms with Crippen LogP contribution in [0.15, 0.2) is 0 Å². The molecule has 0 heterocycles. The Morgan fingerprint density at radius 1 is 1.47 bits per heavy atom. The van der Waals surface area contributed by atoms with Crippen LogP contribution in [-0.4, -0.2) is 26.7 Å². The average Bonchev–Trinajstić information content (AvgIpc) is 2.23. The minimum Gasteiger partial charge on any atom is -0.396 e. The Morgan fingerprint density at radius 2 is 1.93 bits per heavy atom. The average molecular weight is 256 g/mol.